The van der Waals surface area contributed by atoms with Crippen molar-refractivity contribution in [3.05, 3.63) is 35.5 Å². The molecule has 0 radical (unpaired) electrons. The highest BCUT2D eigenvalue weighted by Crippen LogP contribution is 2.41. The number of carbonyl (C=O) groups excluding carboxylic acids is 2. The highest BCUT2D eigenvalue weighted by atomic mass is 16.5. The molecule has 2 aromatic rings. The molecule has 0 bridgehead atoms. The van der Waals surface area contributed by atoms with Gasteiger partial charge in [0.1, 0.15) is 5.76 Å². The summed E-state index contributed by atoms with van der Waals surface area (Å²) in [5.41, 5.74) is 1.16. The first-order valence-corrected chi connectivity index (χ1v) is 8.08. The van der Waals surface area contributed by atoms with Crippen molar-refractivity contribution in [1.82, 2.24) is 25.2 Å². The van der Waals surface area contributed by atoms with Gasteiger partial charge >= 0.3 is 0 Å². The van der Waals surface area contributed by atoms with Gasteiger partial charge in [-0.1, -0.05) is 5.16 Å². The number of nitrogens with zero attached hydrogens (tertiary/aromatic N) is 4. The molecule has 0 aromatic carbocycles. The molecule has 2 aliphatic rings. The van der Waals surface area contributed by atoms with Gasteiger partial charge in [0, 0.05) is 31.8 Å². The molecule has 8 heteroatoms. The molecule has 3 heterocycles. The largest absolute Gasteiger partial charge is 0.361 e. The van der Waals surface area contributed by atoms with E-state index in [4.69, 9.17) is 4.52 Å². The predicted molar refractivity (Wildman–Crippen MR) is 82.9 cm³/mol. The molecule has 1 aliphatic heterocycles. The Bertz CT molecular complexity index is 791. The molecule has 0 unspecified atom stereocenters. The Morgan fingerprint density at radius 3 is 2.79 bits per heavy atom. The van der Waals surface area contributed by atoms with Crippen LogP contribution < -0.4 is 5.32 Å². The lowest BCUT2D eigenvalue weighted by Gasteiger charge is -2.28. The molecule has 2 amide bonds. The summed E-state index contributed by atoms with van der Waals surface area (Å²) in [6, 6.07) is 3.25. The highest BCUT2D eigenvalue weighted by Gasteiger charge is 2.48. The van der Waals surface area contributed by atoms with Crippen LogP contribution in [0.15, 0.2) is 22.9 Å². The Hall–Kier alpha value is -2.64. The lowest BCUT2D eigenvalue weighted by atomic mass is 10.1. The molecule has 126 valence electrons. The third-order valence-electron chi connectivity index (χ3n) is 4.64. The Balaban J connectivity index is 1.62. The molecular formula is C16H19N5O3. The average molecular weight is 329 g/mol. The molecular weight excluding hydrogens is 310 g/mol. The maximum absolute atomic E-state index is 12.5. The van der Waals surface area contributed by atoms with Crippen LogP contribution in [0.25, 0.3) is 0 Å². The molecule has 0 spiro atoms. The number of hydrogen-bond donors (Lipinski definition) is 1. The van der Waals surface area contributed by atoms with E-state index in [0.717, 1.165) is 18.5 Å². The van der Waals surface area contributed by atoms with Crippen LogP contribution in [-0.4, -0.2) is 43.7 Å². The summed E-state index contributed by atoms with van der Waals surface area (Å²) >= 11 is 0. The first-order chi connectivity index (χ1) is 11.5. The summed E-state index contributed by atoms with van der Waals surface area (Å²) in [4.78, 5) is 26.9. The fourth-order valence-corrected chi connectivity index (χ4v) is 3.41. The highest BCUT2D eigenvalue weighted by molar-refractivity contribution is 5.93. The molecule has 24 heavy (non-hydrogen) atoms. The van der Waals surface area contributed by atoms with Gasteiger partial charge in [0.2, 0.25) is 5.91 Å². The number of aryl methyl sites for hydroxylation is 2. The third kappa shape index (κ3) is 2.47. The molecule has 4 rings (SSSR count). The van der Waals surface area contributed by atoms with E-state index in [1.807, 2.05) is 18.0 Å². The minimum Gasteiger partial charge on any atom is -0.361 e. The first-order valence-electron chi connectivity index (χ1n) is 8.08. The lowest BCUT2D eigenvalue weighted by molar-refractivity contribution is -0.129. The Labute approximate surface area is 138 Å². The van der Waals surface area contributed by atoms with Gasteiger partial charge in [-0.3, -0.25) is 14.3 Å². The summed E-state index contributed by atoms with van der Waals surface area (Å²) in [7, 11) is 1.85. The standard InChI is InChI=1S/C16H19N5O3/c1-9-7-12(19-24-9)16(23)18-11-8-14(22)21(10-3-4-10)15(11)13-5-6-17-20(13)2/h5-7,10-11,15H,3-4,8H2,1-2H3,(H,18,23)/t11-,15-/m1/s1. The van der Waals surface area contributed by atoms with Crippen molar-refractivity contribution in [2.45, 2.75) is 44.3 Å². The maximum Gasteiger partial charge on any atom is 0.273 e. The van der Waals surface area contributed by atoms with Gasteiger partial charge in [0.05, 0.1) is 17.8 Å². The Kier molecular flexibility index (Phi) is 3.40. The molecule has 8 nitrogen and oxygen atoms in total. The molecule has 1 aliphatic carbocycles. The van der Waals surface area contributed by atoms with Crippen molar-refractivity contribution in [2.24, 2.45) is 7.05 Å². The molecule has 2 aromatic heterocycles. The lowest BCUT2D eigenvalue weighted by Crippen LogP contribution is -2.41. The summed E-state index contributed by atoms with van der Waals surface area (Å²) in [6.07, 6.45) is 4.03. The summed E-state index contributed by atoms with van der Waals surface area (Å²) in [5.74, 6) is 0.324. The number of rotatable bonds is 4. The van der Waals surface area contributed by atoms with E-state index in [2.05, 4.69) is 15.6 Å². The zero-order valence-electron chi connectivity index (χ0n) is 13.6. The number of nitrogens with one attached hydrogen (secondary N) is 1. The van der Waals surface area contributed by atoms with Crippen molar-refractivity contribution >= 4 is 11.8 Å². The Morgan fingerprint density at radius 2 is 2.21 bits per heavy atom. The van der Waals surface area contributed by atoms with Crippen LogP contribution in [0.3, 0.4) is 0 Å². The van der Waals surface area contributed by atoms with Crippen molar-refractivity contribution in [1.29, 1.82) is 0 Å². The van der Waals surface area contributed by atoms with E-state index >= 15 is 0 Å². The molecule has 2 atom stereocenters. The average Bonchev–Trinajstić information content (AvgIpc) is 2.99. The topological polar surface area (TPSA) is 93.3 Å². The quantitative estimate of drug-likeness (QED) is 0.901. The van der Waals surface area contributed by atoms with Crippen LogP contribution in [0.2, 0.25) is 0 Å². The second-order valence-electron chi connectivity index (χ2n) is 6.46. The van der Waals surface area contributed by atoms with Crippen molar-refractivity contribution in [2.75, 3.05) is 0 Å². The van der Waals surface area contributed by atoms with Crippen LogP contribution >= 0.6 is 0 Å². The zero-order chi connectivity index (χ0) is 16.8. The van der Waals surface area contributed by atoms with Crippen LogP contribution in [0.1, 0.15) is 47.2 Å². The second-order valence-corrected chi connectivity index (χ2v) is 6.46. The fourth-order valence-electron chi connectivity index (χ4n) is 3.41. The van der Waals surface area contributed by atoms with Gasteiger partial charge < -0.3 is 14.7 Å². The summed E-state index contributed by atoms with van der Waals surface area (Å²) in [6.45, 7) is 1.73. The van der Waals surface area contributed by atoms with E-state index in [1.54, 1.807) is 23.9 Å². The van der Waals surface area contributed by atoms with Crippen molar-refractivity contribution < 1.29 is 14.1 Å². The van der Waals surface area contributed by atoms with Crippen LogP contribution in [0.5, 0.6) is 0 Å². The van der Waals surface area contributed by atoms with E-state index in [1.165, 1.54) is 0 Å². The van der Waals surface area contributed by atoms with Gasteiger partial charge in [-0.15, -0.1) is 0 Å². The van der Waals surface area contributed by atoms with Crippen LogP contribution in [-0.2, 0) is 11.8 Å². The zero-order valence-corrected chi connectivity index (χ0v) is 13.6. The SMILES string of the molecule is Cc1cc(C(=O)N[C@@H]2CC(=O)N(C3CC3)[C@H]2c2ccnn2C)no1. The Morgan fingerprint density at radius 1 is 1.42 bits per heavy atom. The van der Waals surface area contributed by atoms with Gasteiger partial charge in [-0.05, 0) is 25.8 Å². The van der Waals surface area contributed by atoms with E-state index in [-0.39, 0.29) is 42.1 Å². The number of aromatic nitrogens is 3. The molecule has 1 saturated heterocycles. The predicted octanol–water partition coefficient (Wildman–Crippen LogP) is 0.951. The molecule has 1 saturated carbocycles. The van der Waals surface area contributed by atoms with Gasteiger partial charge in [-0.25, -0.2) is 0 Å². The van der Waals surface area contributed by atoms with Crippen LogP contribution in [0, 0.1) is 6.92 Å². The van der Waals surface area contributed by atoms with E-state index < -0.39 is 0 Å². The van der Waals surface area contributed by atoms with Crippen molar-refractivity contribution in [3.63, 3.8) is 0 Å². The minimum atomic E-state index is -0.325. The first kappa shape index (κ1) is 14.9. The summed E-state index contributed by atoms with van der Waals surface area (Å²) < 4.78 is 6.72. The fraction of sp³-hybridized carbons (Fsp3) is 0.500. The second kappa shape index (κ2) is 5.47. The maximum atomic E-state index is 12.5. The minimum absolute atomic E-state index is 0.0744. The monoisotopic (exact) mass is 329 g/mol. The number of hydrogen-bond acceptors (Lipinski definition) is 5. The van der Waals surface area contributed by atoms with E-state index in [0.29, 0.717) is 5.76 Å². The number of carbonyl (C=O) groups is 2. The number of likely N-dealkylation sites (tertiary alicyclic amines) is 1. The smallest absolute Gasteiger partial charge is 0.273 e. The third-order valence-corrected chi connectivity index (χ3v) is 4.64. The van der Waals surface area contributed by atoms with Crippen molar-refractivity contribution in [3.8, 4) is 0 Å². The number of amides is 2. The molecule has 2 fully saturated rings. The summed E-state index contributed by atoms with van der Waals surface area (Å²) in [5, 5.41) is 10.9. The normalized spacial score (nSPS) is 23.8. The van der Waals surface area contributed by atoms with Gasteiger partial charge in [0.15, 0.2) is 5.69 Å². The van der Waals surface area contributed by atoms with Gasteiger partial charge in [-0.2, -0.15) is 5.10 Å². The molecule has 1 N–H and O–H groups in total. The van der Waals surface area contributed by atoms with Crippen LogP contribution in [0.4, 0.5) is 0 Å². The van der Waals surface area contributed by atoms with Gasteiger partial charge in [0.25, 0.3) is 5.91 Å². The van der Waals surface area contributed by atoms with E-state index in [9.17, 15) is 9.59 Å².